The zero-order valence-electron chi connectivity index (χ0n) is 11.1. The van der Waals surface area contributed by atoms with Crippen LogP contribution in [0.25, 0.3) is 0 Å². The fraction of sp³-hybridized carbons (Fsp3) is 0.667. The topological polar surface area (TPSA) is 102 Å². The smallest absolute Gasteiger partial charge is 0.389 e. The van der Waals surface area contributed by atoms with Crippen molar-refractivity contribution in [3.63, 3.8) is 0 Å². The Labute approximate surface area is 116 Å². The average molecular weight is 282 g/mol. The van der Waals surface area contributed by atoms with Gasteiger partial charge in [-0.2, -0.15) is 4.68 Å². The summed E-state index contributed by atoms with van der Waals surface area (Å²) in [5.74, 6) is -0.371. The lowest BCUT2D eigenvalue weighted by molar-refractivity contribution is -0.389. The Hall–Kier alpha value is -1.96. The minimum atomic E-state index is -0.587. The third kappa shape index (κ3) is 3.32. The first-order chi connectivity index (χ1) is 9.61. The number of rotatable bonds is 5. The van der Waals surface area contributed by atoms with E-state index in [1.54, 1.807) is 4.90 Å². The zero-order chi connectivity index (χ0) is 14.5. The van der Waals surface area contributed by atoms with Crippen LogP contribution in [0.1, 0.15) is 25.7 Å². The summed E-state index contributed by atoms with van der Waals surface area (Å²) in [5.41, 5.74) is 0. The Balaban J connectivity index is 2.00. The van der Waals surface area contributed by atoms with Gasteiger partial charge in [-0.05, 0) is 30.6 Å². The minimum Gasteiger partial charge on any atom is -0.396 e. The summed E-state index contributed by atoms with van der Waals surface area (Å²) in [4.78, 5) is 24.0. The predicted octanol–water partition coefficient (Wildman–Crippen LogP) is 0.555. The quantitative estimate of drug-likeness (QED) is 0.628. The van der Waals surface area contributed by atoms with Crippen molar-refractivity contribution in [3.8, 4) is 0 Å². The van der Waals surface area contributed by atoms with Crippen LogP contribution >= 0.6 is 0 Å². The molecule has 110 valence electrons. The molecule has 1 atom stereocenters. The SMILES string of the molecule is O=C(Cn1ccc([N+](=O)[O-])n1)N1CCCCC1CCO. The number of carbonyl (C=O) groups excluding carboxylic acids is 1. The fourth-order valence-electron chi connectivity index (χ4n) is 2.54. The highest BCUT2D eigenvalue weighted by Crippen LogP contribution is 2.20. The zero-order valence-corrected chi connectivity index (χ0v) is 11.1. The maximum Gasteiger partial charge on any atom is 0.389 e. The van der Waals surface area contributed by atoms with Crippen LogP contribution in [0.5, 0.6) is 0 Å². The third-order valence-corrected chi connectivity index (χ3v) is 3.52. The van der Waals surface area contributed by atoms with Crippen molar-refractivity contribution in [1.82, 2.24) is 14.7 Å². The van der Waals surface area contributed by atoms with Gasteiger partial charge < -0.3 is 20.1 Å². The van der Waals surface area contributed by atoms with Gasteiger partial charge in [0.05, 0.1) is 17.4 Å². The average Bonchev–Trinajstić information content (AvgIpc) is 2.88. The van der Waals surface area contributed by atoms with E-state index in [4.69, 9.17) is 5.11 Å². The maximum absolute atomic E-state index is 12.2. The van der Waals surface area contributed by atoms with Crippen molar-refractivity contribution in [2.24, 2.45) is 0 Å². The van der Waals surface area contributed by atoms with E-state index in [0.717, 1.165) is 19.3 Å². The van der Waals surface area contributed by atoms with Crippen LogP contribution in [0.2, 0.25) is 0 Å². The summed E-state index contributed by atoms with van der Waals surface area (Å²) in [6.45, 7) is 0.727. The Morgan fingerprint density at radius 2 is 2.35 bits per heavy atom. The normalized spacial score (nSPS) is 19.1. The number of aromatic nitrogens is 2. The van der Waals surface area contributed by atoms with Crippen molar-refractivity contribution in [2.75, 3.05) is 13.2 Å². The van der Waals surface area contributed by atoms with Crippen LogP contribution in [0.3, 0.4) is 0 Å². The van der Waals surface area contributed by atoms with Crippen LogP contribution in [0, 0.1) is 10.1 Å². The van der Waals surface area contributed by atoms with Gasteiger partial charge in [-0.15, -0.1) is 0 Å². The van der Waals surface area contributed by atoms with Gasteiger partial charge in [0.1, 0.15) is 6.54 Å². The number of aliphatic hydroxyl groups is 1. The van der Waals surface area contributed by atoms with E-state index in [2.05, 4.69) is 5.10 Å². The van der Waals surface area contributed by atoms with Crippen molar-refractivity contribution in [2.45, 2.75) is 38.3 Å². The highest BCUT2D eigenvalue weighted by molar-refractivity contribution is 5.76. The van der Waals surface area contributed by atoms with Crippen LogP contribution in [0.4, 0.5) is 5.82 Å². The maximum atomic E-state index is 12.2. The number of carbonyl (C=O) groups is 1. The molecule has 0 bridgehead atoms. The molecule has 1 unspecified atom stereocenters. The van der Waals surface area contributed by atoms with E-state index in [1.165, 1.54) is 16.9 Å². The molecule has 2 rings (SSSR count). The van der Waals surface area contributed by atoms with Gasteiger partial charge in [-0.1, -0.05) is 0 Å². The summed E-state index contributed by atoms with van der Waals surface area (Å²) in [5, 5.41) is 23.3. The summed E-state index contributed by atoms with van der Waals surface area (Å²) < 4.78 is 1.28. The predicted molar refractivity (Wildman–Crippen MR) is 69.9 cm³/mol. The second kappa shape index (κ2) is 6.47. The number of amides is 1. The highest BCUT2D eigenvalue weighted by Gasteiger charge is 2.27. The van der Waals surface area contributed by atoms with Gasteiger partial charge in [0.2, 0.25) is 5.91 Å². The second-order valence-electron chi connectivity index (χ2n) is 4.88. The number of nitro groups is 1. The van der Waals surface area contributed by atoms with Crippen LogP contribution in [-0.4, -0.2) is 49.8 Å². The molecule has 1 aliphatic heterocycles. The standard InChI is InChI=1S/C12H18N4O4/c17-8-5-10-3-1-2-6-15(10)12(18)9-14-7-4-11(13-14)16(19)20/h4,7,10,17H,1-3,5-6,8-9H2. The monoisotopic (exact) mass is 282 g/mol. The summed E-state index contributed by atoms with van der Waals surface area (Å²) in [6.07, 6.45) is 4.91. The number of likely N-dealkylation sites (tertiary alicyclic amines) is 1. The van der Waals surface area contributed by atoms with Crippen LogP contribution < -0.4 is 0 Å². The molecule has 20 heavy (non-hydrogen) atoms. The molecule has 1 fully saturated rings. The van der Waals surface area contributed by atoms with Gasteiger partial charge in [0.15, 0.2) is 0 Å². The minimum absolute atomic E-state index is 0.00420. The molecule has 0 aliphatic carbocycles. The van der Waals surface area contributed by atoms with Crippen molar-refractivity contribution < 1.29 is 14.8 Å². The first-order valence-corrected chi connectivity index (χ1v) is 6.70. The Morgan fingerprint density at radius 1 is 1.55 bits per heavy atom. The Bertz CT molecular complexity index is 486. The molecule has 8 heteroatoms. The molecule has 1 saturated heterocycles. The van der Waals surface area contributed by atoms with E-state index >= 15 is 0 Å². The highest BCUT2D eigenvalue weighted by atomic mass is 16.6. The number of aliphatic hydroxyl groups excluding tert-OH is 1. The lowest BCUT2D eigenvalue weighted by Gasteiger charge is -2.35. The fourth-order valence-corrected chi connectivity index (χ4v) is 2.54. The van der Waals surface area contributed by atoms with E-state index in [1.807, 2.05) is 0 Å². The summed E-state index contributed by atoms with van der Waals surface area (Å²) >= 11 is 0. The molecule has 1 amide bonds. The van der Waals surface area contributed by atoms with E-state index in [-0.39, 0.29) is 30.9 Å². The first-order valence-electron chi connectivity index (χ1n) is 6.70. The summed E-state index contributed by atoms with van der Waals surface area (Å²) in [6, 6.07) is 1.33. The van der Waals surface area contributed by atoms with E-state index < -0.39 is 4.92 Å². The molecule has 1 aromatic rings. The number of hydrogen-bond acceptors (Lipinski definition) is 5. The number of hydrogen-bond donors (Lipinski definition) is 1. The van der Waals surface area contributed by atoms with Crippen LogP contribution in [-0.2, 0) is 11.3 Å². The lowest BCUT2D eigenvalue weighted by Crippen LogP contribution is -2.45. The van der Waals surface area contributed by atoms with E-state index in [0.29, 0.717) is 13.0 Å². The molecule has 1 aromatic heterocycles. The van der Waals surface area contributed by atoms with Gasteiger partial charge >= 0.3 is 5.82 Å². The molecule has 0 saturated carbocycles. The van der Waals surface area contributed by atoms with Crippen molar-refractivity contribution in [1.29, 1.82) is 0 Å². The number of piperidine rings is 1. The largest absolute Gasteiger partial charge is 0.396 e. The molecule has 0 aromatic carbocycles. The Kier molecular flexibility index (Phi) is 4.67. The third-order valence-electron chi connectivity index (χ3n) is 3.52. The Morgan fingerprint density at radius 3 is 3.00 bits per heavy atom. The van der Waals surface area contributed by atoms with Gasteiger partial charge in [0.25, 0.3) is 0 Å². The van der Waals surface area contributed by atoms with E-state index in [9.17, 15) is 14.9 Å². The second-order valence-corrected chi connectivity index (χ2v) is 4.88. The number of nitrogens with zero attached hydrogens (tertiary/aromatic N) is 4. The van der Waals surface area contributed by atoms with Gasteiger partial charge in [-0.3, -0.25) is 4.79 Å². The molecule has 8 nitrogen and oxygen atoms in total. The molecule has 0 spiro atoms. The van der Waals surface area contributed by atoms with Crippen molar-refractivity contribution in [3.05, 3.63) is 22.4 Å². The molecule has 2 heterocycles. The molecular weight excluding hydrogens is 264 g/mol. The lowest BCUT2D eigenvalue weighted by atomic mass is 9.99. The molecular formula is C12H18N4O4. The summed E-state index contributed by atoms with van der Waals surface area (Å²) in [7, 11) is 0. The van der Waals surface area contributed by atoms with Gasteiger partial charge in [0, 0.05) is 19.2 Å². The molecule has 1 N–H and O–H groups in total. The molecule has 1 aliphatic rings. The molecule has 0 radical (unpaired) electrons. The first kappa shape index (κ1) is 14.4. The van der Waals surface area contributed by atoms with Gasteiger partial charge in [-0.25, -0.2) is 0 Å². The van der Waals surface area contributed by atoms with Crippen molar-refractivity contribution >= 4 is 11.7 Å². The van der Waals surface area contributed by atoms with Crippen LogP contribution in [0.15, 0.2) is 12.3 Å².